The van der Waals surface area contributed by atoms with E-state index in [-0.39, 0.29) is 10.5 Å². The number of hydrogen-bond acceptors (Lipinski definition) is 6. The maximum absolute atomic E-state index is 12.9. The Kier molecular flexibility index (Phi) is 7.65. The molecule has 0 aliphatic carbocycles. The van der Waals surface area contributed by atoms with Crippen LogP contribution in [0.2, 0.25) is 0 Å². The van der Waals surface area contributed by atoms with Crippen LogP contribution in [0.5, 0.6) is 0 Å². The van der Waals surface area contributed by atoms with Gasteiger partial charge in [-0.3, -0.25) is 4.79 Å². The molecule has 1 saturated heterocycles. The molecule has 162 valence electrons. The maximum atomic E-state index is 12.9. The van der Waals surface area contributed by atoms with Gasteiger partial charge in [-0.2, -0.15) is 4.31 Å². The van der Waals surface area contributed by atoms with E-state index in [1.54, 1.807) is 19.9 Å². The van der Waals surface area contributed by atoms with E-state index in [4.69, 9.17) is 10.5 Å². The normalized spacial score (nSPS) is 16.7. The van der Waals surface area contributed by atoms with E-state index in [2.05, 4.69) is 11.8 Å². The molecule has 1 amide bonds. The predicted octanol–water partition coefficient (Wildman–Crippen LogP) is 1.98. The Labute approximate surface area is 173 Å². The lowest BCUT2D eigenvalue weighted by Crippen LogP contribution is -2.35. The minimum absolute atomic E-state index is 0.0222. The number of benzene rings is 1. The summed E-state index contributed by atoms with van der Waals surface area (Å²) in [4.78, 5) is 26.2. The van der Waals surface area contributed by atoms with Crippen LogP contribution in [-0.4, -0.2) is 56.9 Å². The minimum Gasteiger partial charge on any atom is -0.449 e. The zero-order chi connectivity index (χ0) is 21.8. The molecular formula is C20H31N3O5S. The fraction of sp³-hybridized carbons (Fsp3) is 0.600. The molecule has 2 N–H and O–H groups in total. The quantitative estimate of drug-likeness (QED) is 0.638. The number of carbonyl (C=O) groups excluding carboxylic acids is 2. The van der Waals surface area contributed by atoms with Crippen molar-refractivity contribution in [1.29, 1.82) is 0 Å². The van der Waals surface area contributed by atoms with Crippen LogP contribution in [0.15, 0.2) is 23.1 Å². The molecule has 1 atom stereocenters. The SMILES string of the molecule is CCN(CC)S(=O)(=O)c1ccc(N2CCC(C)CC2)c(C(=O)O[C@H](C)C(N)=O)c1. The second-order valence-electron chi connectivity index (χ2n) is 7.39. The first-order chi connectivity index (χ1) is 13.6. The number of hydrogen-bond donors (Lipinski definition) is 1. The van der Waals surface area contributed by atoms with Crippen LogP contribution in [0.4, 0.5) is 5.69 Å². The van der Waals surface area contributed by atoms with Crippen molar-refractivity contribution in [3.63, 3.8) is 0 Å². The number of esters is 1. The van der Waals surface area contributed by atoms with Crippen molar-refractivity contribution in [1.82, 2.24) is 4.31 Å². The Morgan fingerprint density at radius 1 is 1.24 bits per heavy atom. The summed E-state index contributed by atoms with van der Waals surface area (Å²) < 4.78 is 32.3. The molecule has 1 aromatic carbocycles. The third kappa shape index (κ3) is 5.27. The first-order valence-corrected chi connectivity index (χ1v) is 11.4. The topological polar surface area (TPSA) is 110 Å². The van der Waals surface area contributed by atoms with Gasteiger partial charge >= 0.3 is 5.97 Å². The van der Waals surface area contributed by atoms with E-state index < -0.39 is 28.0 Å². The second kappa shape index (κ2) is 9.58. The molecule has 1 aromatic rings. The van der Waals surface area contributed by atoms with Gasteiger partial charge in [-0.15, -0.1) is 0 Å². The highest BCUT2D eigenvalue weighted by atomic mass is 32.2. The summed E-state index contributed by atoms with van der Waals surface area (Å²) in [6.07, 6.45) is 0.844. The summed E-state index contributed by atoms with van der Waals surface area (Å²) in [6.45, 7) is 9.25. The molecule has 1 fully saturated rings. The van der Waals surface area contributed by atoms with Gasteiger partial charge in [-0.05, 0) is 43.9 Å². The Hall–Kier alpha value is -2.13. The fourth-order valence-electron chi connectivity index (χ4n) is 3.36. The van der Waals surface area contributed by atoms with Gasteiger partial charge in [0.05, 0.1) is 16.1 Å². The molecule has 0 unspecified atom stereocenters. The summed E-state index contributed by atoms with van der Waals surface area (Å²) in [5.41, 5.74) is 5.94. The molecule has 1 aliphatic rings. The van der Waals surface area contributed by atoms with Crippen LogP contribution < -0.4 is 10.6 Å². The molecular weight excluding hydrogens is 394 g/mol. The van der Waals surface area contributed by atoms with Crippen molar-refractivity contribution in [2.45, 2.75) is 51.5 Å². The van der Waals surface area contributed by atoms with Crippen molar-refractivity contribution in [3.8, 4) is 0 Å². The molecule has 0 bridgehead atoms. The van der Waals surface area contributed by atoms with Crippen molar-refractivity contribution in [3.05, 3.63) is 23.8 Å². The minimum atomic E-state index is -3.74. The Bertz CT molecular complexity index is 844. The lowest BCUT2D eigenvalue weighted by atomic mass is 9.98. The van der Waals surface area contributed by atoms with Gasteiger partial charge in [0.2, 0.25) is 10.0 Å². The molecule has 0 spiro atoms. The van der Waals surface area contributed by atoms with Crippen LogP contribution in [0.25, 0.3) is 0 Å². The van der Waals surface area contributed by atoms with Gasteiger partial charge in [0.15, 0.2) is 6.10 Å². The van der Waals surface area contributed by atoms with E-state index in [0.717, 1.165) is 25.9 Å². The highest BCUT2D eigenvalue weighted by molar-refractivity contribution is 7.89. The van der Waals surface area contributed by atoms with Gasteiger partial charge in [-0.1, -0.05) is 20.8 Å². The van der Waals surface area contributed by atoms with Crippen LogP contribution in [0.3, 0.4) is 0 Å². The number of anilines is 1. The largest absolute Gasteiger partial charge is 0.449 e. The van der Waals surface area contributed by atoms with Crippen molar-refractivity contribution in [2.75, 3.05) is 31.1 Å². The molecule has 8 nitrogen and oxygen atoms in total. The van der Waals surface area contributed by atoms with E-state index in [1.807, 2.05) is 0 Å². The highest BCUT2D eigenvalue weighted by Gasteiger charge is 2.28. The first kappa shape index (κ1) is 23.2. The number of ether oxygens (including phenoxy) is 1. The number of sulfonamides is 1. The standard InChI is InChI=1S/C20H31N3O5S/c1-5-23(6-2)29(26,27)16-7-8-18(22-11-9-14(3)10-12-22)17(13-16)20(25)28-15(4)19(21)24/h7-8,13-15H,5-6,9-12H2,1-4H3,(H2,21,24)/t15-/m1/s1. The van der Waals surface area contributed by atoms with Crippen LogP contribution in [0.1, 0.15) is 50.9 Å². The maximum Gasteiger partial charge on any atom is 0.341 e. The number of amides is 1. The Balaban J connectivity index is 2.49. The lowest BCUT2D eigenvalue weighted by molar-refractivity contribution is -0.125. The van der Waals surface area contributed by atoms with Gasteiger partial charge in [-0.25, -0.2) is 13.2 Å². The van der Waals surface area contributed by atoms with Gasteiger partial charge < -0.3 is 15.4 Å². The third-order valence-corrected chi connectivity index (χ3v) is 7.39. The molecule has 0 radical (unpaired) electrons. The number of rotatable bonds is 8. The fourth-order valence-corrected chi connectivity index (χ4v) is 4.84. The molecule has 0 aromatic heterocycles. The van der Waals surface area contributed by atoms with Gasteiger partial charge in [0.1, 0.15) is 0 Å². The van der Waals surface area contributed by atoms with Gasteiger partial charge in [0.25, 0.3) is 5.91 Å². The number of primary amides is 1. The van der Waals surface area contributed by atoms with E-state index >= 15 is 0 Å². The van der Waals surface area contributed by atoms with Crippen molar-refractivity contribution < 1.29 is 22.7 Å². The van der Waals surface area contributed by atoms with Crippen molar-refractivity contribution in [2.24, 2.45) is 11.7 Å². The summed E-state index contributed by atoms with van der Waals surface area (Å²) in [5, 5.41) is 0. The molecule has 0 saturated carbocycles. The molecule has 29 heavy (non-hydrogen) atoms. The van der Waals surface area contributed by atoms with Gasteiger partial charge in [0, 0.05) is 26.2 Å². The van der Waals surface area contributed by atoms with E-state index in [9.17, 15) is 18.0 Å². The number of nitrogens with zero attached hydrogens (tertiary/aromatic N) is 2. The monoisotopic (exact) mass is 425 g/mol. The summed E-state index contributed by atoms with van der Waals surface area (Å²) in [6, 6.07) is 4.52. The van der Waals surface area contributed by atoms with Crippen molar-refractivity contribution >= 4 is 27.6 Å². The average Bonchev–Trinajstić information content (AvgIpc) is 2.68. The third-order valence-electron chi connectivity index (χ3n) is 5.34. The number of nitrogens with two attached hydrogens (primary N) is 1. The van der Waals surface area contributed by atoms with Crippen LogP contribution >= 0.6 is 0 Å². The Morgan fingerprint density at radius 3 is 2.34 bits per heavy atom. The Morgan fingerprint density at radius 2 is 1.83 bits per heavy atom. The number of piperidine rings is 1. The molecule has 1 aliphatic heterocycles. The lowest BCUT2D eigenvalue weighted by Gasteiger charge is -2.33. The smallest absolute Gasteiger partial charge is 0.341 e. The summed E-state index contributed by atoms with van der Waals surface area (Å²) in [7, 11) is -3.74. The van der Waals surface area contributed by atoms with Crippen LogP contribution in [-0.2, 0) is 19.6 Å². The zero-order valence-electron chi connectivity index (χ0n) is 17.6. The zero-order valence-corrected chi connectivity index (χ0v) is 18.4. The highest BCUT2D eigenvalue weighted by Crippen LogP contribution is 2.30. The summed E-state index contributed by atoms with van der Waals surface area (Å²) >= 11 is 0. The summed E-state index contributed by atoms with van der Waals surface area (Å²) in [5.74, 6) is -0.931. The average molecular weight is 426 g/mol. The second-order valence-corrected chi connectivity index (χ2v) is 9.33. The van der Waals surface area contributed by atoms with E-state index in [1.165, 1.54) is 23.4 Å². The predicted molar refractivity (Wildman–Crippen MR) is 111 cm³/mol. The first-order valence-electron chi connectivity index (χ1n) is 10.0. The molecule has 1 heterocycles. The van der Waals surface area contributed by atoms with E-state index in [0.29, 0.717) is 24.7 Å². The van der Waals surface area contributed by atoms with Crippen LogP contribution in [0, 0.1) is 5.92 Å². The number of carbonyl (C=O) groups is 2. The molecule has 2 rings (SSSR count). The molecule has 9 heteroatoms.